The number of carbonyl (C=O) groups excluding carboxylic acids is 1. The first kappa shape index (κ1) is 14.4. The molecule has 0 spiro atoms. The fraction of sp³-hybridized carbons (Fsp3) is 0.364. The van der Waals surface area contributed by atoms with Crippen LogP contribution >= 0.6 is 0 Å². The van der Waals surface area contributed by atoms with Crippen LogP contribution < -0.4 is 5.56 Å². The Morgan fingerprint density at radius 1 is 1.58 bits per heavy atom. The summed E-state index contributed by atoms with van der Waals surface area (Å²) in [5.41, 5.74) is -0.750. The van der Waals surface area contributed by atoms with Crippen LogP contribution in [0.2, 0.25) is 0 Å². The minimum atomic E-state index is -0.639. The summed E-state index contributed by atoms with van der Waals surface area (Å²) in [5, 5.41) is 19.0. The Kier molecular flexibility index (Phi) is 4.76. The maximum Gasteiger partial charge on any atom is 0.285 e. The molecule has 0 aliphatic carbocycles. The van der Waals surface area contributed by atoms with Gasteiger partial charge in [0.25, 0.3) is 11.2 Å². The molecule has 1 rings (SSSR count). The normalized spacial score (nSPS) is 9.68. The van der Waals surface area contributed by atoms with Crippen molar-refractivity contribution in [3.8, 4) is 6.07 Å². The number of nitriles is 1. The van der Waals surface area contributed by atoms with E-state index in [1.165, 1.54) is 11.9 Å². The van der Waals surface area contributed by atoms with Gasteiger partial charge in [0, 0.05) is 25.7 Å². The first-order valence-corrected chi connectivity index (χ1v) is 5.41. The Morgan fingerprint density at radius 2 is 2.26 bits per heavy atom. The Bertz CT molecular complexity index is 587. The van der Waals surface area contributed by atoms with E-state index in [1.807, 2.05) is 6.07 Å². The van der Waals surface area contributed by atoms with Gasteiger partial charge in [0.2, 0.25) is 5.91 Å². The van der Waals surface area contributed by atoms with Crippen LogP contribution in [0.15, 0.2) is 23.1 Å². The molecular weight excluding hydrogens is 252 g/mol. The van der Waals surface area contributed by atoms with E-state index in [4.69, 9.17) is 5.26 Å². The lowest BCUT2D eigenvalue weighted by atomic mass is 10.3. The van der Waals surface area contributed by atoms with Gasteiger partial charge in [0.05, 0.1) is 23.6 Å². The summed E-state index contributed by atoms with van der Waals surface area (Å²) in [6, 6.07) is 4.03. The SMILES string of the molecule is CN(CCC#N)C(=O)Cn1cc([N+](=O)[O-])ccc1=O. The summed E-state index contributed by atoms with van der Waals surface area (Å²) < 4.78 is 0.976. The second-order valence-electron chi connectivity index (χ2n) is 3.83. The maximum absolute atomic E-state index is 11.7. The summed E-state index contributed by atoms with van der Waals surface area (Å²) in [4.78, 5) is 34.5. The Labute approximate surface area is 108 Å². The van der Waals surface area contributed by atoms with Crippen molar-refractivity contribution in [1.82, 2.24) is 9.47 Å². The van der Waals surface area contributed by atoms with Gasteiger partial charge in [-0.15, -0.1) is 0 Å². The predicted octanol–water partition coefficient (Wildman–Crippen LogP) is 0.129. The van der Waals surface area contributed by atoms with E-state index in [9.17, 15) is 19.7 Å². The van der Waals surface area contributed by atoms with Gasteiger partial charge in [-0.05, 0) is 0 Å². The van der Waals surface area contributed by atoms with Crippen LogP contribution in [0.1, 0.15) is 6.42 Å². The zero-order chi connectivity index (χ0) is 14.4. The fourth-order valence-corrected chi connectivity index (χ4v) is 1.36. The van der Waals surface area contributed by atoms with Gasteiger partial charge in [-0.2, -0.15) is 5.26 Å². The van der Waals surface area contributed by atoms with Crippen molar-refractivity contribution in [3.63, 3.8) is 0 Å². The molecule has 1 amide bonds. The molecule has 0 radical (unpaired) electrons. The molecule has 0 bridgehead atoms. The molecule has 0 aliphatic rings. The van der Waals surface area contributed by atoms with E-state index in [0.29, 0.717) is 0 Å². The highest BCUT2D eigenvalue weighted by atomic mass is 16.6. The number of aromatic nitrogens is 1. The molecule has 1 aromatic heterocycles. The Balaban J connectivity index is 2.85. The van der Waals surface area contributed by atoms with Crippen molar-refractivity contribution in [2.45, 2.75) is 13.0 Å². The molecule has 1 aromatic rings. The van der Waals surface area contributed by atoms with Gasteiger partial charge in [-0.25, -0.2) is 0 Å². The van der Waals surface area contributed by atoms with Gasteiger partial charge >= 0.3 is 0 Å². The summed E-state index contributed by atoms with van der Waals surface area (Å²) in [7, 11) is 1.50. The first-order valence-electron chi connectivity index (χ1n) is 5.41. The lowest BCUT2D eigenvalue weighted by molar-refractivity contribution is -0.385. The number of nitro groups is 1. The largest absolute Gasteiger partial charge is 0.343 e. The van der Waals surface area contributed by atoms with Gasteiger partial charge in [0.1, 0.15) is 6.54 Å². The molecule has 0 atom stereocenters. The number of amides is 1. The van der Waals surface area contributed by atoms with Crippen LogP contribution in [0.25, 0.3) is 0 Å². The molecule has 0 saturated heterocycles. The van der Waals surface area contributed by atoms with Crippen LogP contribution in [0, 0.1) is 21.4 Å². The molecule has 8 heteroatoms. The van der Waals surface area contributed by atoms with Crippen molar-refractivity contribution < 1.29 is 9.72 Å². The Hall–Kier alpha value is -2.69. The van der Waals surface area contributed by atoms with Crippen molar-refractivity contribution in [2.24, 2.45) is 0 Å². The molecular formula is C11H12N4O4. The van der Waals surface area contributed by atoms with E-state index >= 15 is 0 Å². The smallest absolute Gasteiger partial charge is 0.285 e. The Morgan fingerprint density at radius 3 is 2.84 bits per heavy atom. The van der Waals surface area contributed by atoms with E-state index in [0.717, 1.165) is 22.9 Å². The van der Waals surface area contributed by atoms with Gasteiger partial charge < -0.3 is 4.90 Å². The minimum Gasteiger partial charge on any atom is -0.343 e. The quantitative estimate of drug-likeness (QED) is 0.554. The number of nitrogens with zero attached hydrogens (tertiary/aromatic N) is 4. The molecule has 0 aromatic carbocycles. The zero-order valence-electron chi connectivity index (χ0n) is 10.3. The molecule has 0 saturated carbocycles. The zero-order valence-corrected chi connectivity index (χ0v) is 10.3. The highest BCUT2D eigenvalue weighted by molar-refractivity contribution is 5.75. The molecule has 19 heavy (non-hydrogen) atoms. The van der Waals surface area contributed by atoms with Crippen LogP contribution in [0.4, 0.5) is 5.69 Å². The molecule has 0 unspecified atom stereocenters. The van der Waals surface area contributed by atoms with Crippen molar-refractivity contribution >= 4 is 11.6 Å². The number of hydrogen-bond acceptors (Lipinski definition) is 5. The van der Waals surface area contributed by atoms with Crippen molar-refractivity contribution in [2.75, 3.05) is 13.6 Å². The lowest BCUT2D eigenvalue weighted by Gasteiger charge is -2.15. The first-order chi connectivity index (χ1) is 8.95. The number of hydrogen-bond donors (Lipinski definition) is 0. The molecule has 8 nitrogen and oxygen atoms in total. The molecule has 1 heterocycles. The fourth-order valence-electron chi connectivity index (χ4n) is 1.36. The molecule has 100 valence electrons. The summed E-state index contributed by atoms with van der Waals surface area (Å²) in [5.74, 6) is -0.391. The summed E-state index contributed by atoms with van der Waals surface area (Å²) >= 11 is 0. The minimum absolute atomic E-state index is 0.187. The highest BCUT2D eigenvalue weighted by Gasteiger charge is 2.13. The van der Waals surface area contributed by atoms with Crippen molar-refractivity contribution in [3.05, 3.63) is 38.8 Å². The van der Waals surface area contributed by atoms with Gasteiger partial charge in [0.15, 0.2) is 0 Å². The van der Waals surface area contributed by atoms with Gasteiger partial charge in [-0.1, -0.05) is 0 Å². The molecule has 0 fully saturated rings. The number of likely N-dealkylation sites (N-methyl/N-ethyl adjacent to an activating group) is 1. The monoisotopic (exact) mass is 264 g/mol. The topological polar surface area (TPSA) is 109 Å². The van der Waals surface area contributed by atoms with Crippen LogP contribution in [-0.4, -0.2) is 33.9 Å². The van der Waals surface area contributed by atoms with Crippen LogP contribution in [0.3, 0.4) is 0 Å². The lowest BCUT2D eigenvalue weighted by Crippen LogP contribution is -2.34. The molecule has 0 N–H and O–H groups in total. The maximum atomic E-state index is 11.7. The standard InChI is InChI=1S/C11H12N4O4/c1-13(6-2-5-12)11(17)8-14-7-9(15(18)19)3-4-10(14)16/h3-4,7H,2,6,8H2,1H3. The van der Waals surface area contributed by atoms with Crippen molar-refractivity contribution in [1.29, 1.82) is 5.26 Å². The van der Waals surface area contributed by atoms with Crippen LogP contribution in [-0.2, 0) is 11.3 Å². The van der Waals surface area contributed by atoms with Gasteiger partial charge in [-0.3, -0.25) is 24.3 Å². The third-order valence-corrected chi connectivity index (χ3v) is 2.47. The summed E-state index contributed by atoms with van der Waals surface area (Å²) in [6.07, 6.45) is 1.21. The molecule has 0 aliphatic heterocycles. The second kappa shape index (κ2) is 6.30. The second-order valence-corrected chi connectivity index (χ2v) is 3.83. The van der Waals surface area contributed by atoms with E-state index in [2.05, 4.69) is 0 Å². The van der Waals surface area contributed by atoms with Crippen LogP contribution in [0.5, 0.6) is 0 Å². The number of carbonyl (C=O) groups is 1. The van der Waals surface area contributed by atoms with E-state index in [-0.39, 0.29) is 25.2 Å². The highest BCUT2D eigenvalue weighted by Crippen LogP contribution is 2.06. The average Bonchev–Trinajstić information content (AvgIpc) is 2.38. The van der Waals surface area contributed by atoms with E-state index < -0.39 is 16.4 Å². The third-order valence-electron chi connectivity index (χ3n) is 2.47. The number of rotatable bonds is 5. The number of pyridine rings is 1. The predicted molar refractivity (Wildman–Crippen MR) is 65.2 cm³/mol. The third kappa shape index (κ3) is 3.92. The summed E-state index contributed by atoms with van der Waals surface area (Å²) in [6.45, 7) is -0.0402. The van der Waals surface area contributed by atoms with E-state index in [1.54, 1.807) is 0 Å². The average molecular weight is 264 g/mol.